The third kappa shape index (κ3) is 4.34. The summed E-state index contributed by atoms with van der Waals surface area (Å²) in [5.41, 5.74) is -9.89. The first kappa shape index (κ1) is 23.6. The van der Waals surface area contributed by atoms with Crippen LogP contribution < -0.4 is 10.9 Å². The van der Waals surface area contributed by atoms with Gasteiger partial charge in [-0.2, -0.15) is 52.7 Å². The van der Waals surface area contributed by atoms with Crippen molar-refractivity contribution in [3.63, 3.8) is 0 Å². The van der Waals surface area contributed by atoms with E-state index >= 15 is 0 Å². The first-order valence-corrected chi connectivity index (χ1v) is 8.64. The van der Waals surface area contributed by atoms with Gasteiger partial charge in [-0.25, -0.2) is 0 Å². The summed E-state index contributed by atoms with van der Waals surface area (Å²) < 4.78 is 158. The van der Waals surface area contributed by atoms with Crippen molar-refractivity contribution in [1.82, 2.24) is 0 Å². The van der Waals surface area contributed by atoms with Crippen LogP contribution in [0.4, 0.5) is 52.7 Å². The molecule has 1 nitrogen and oxygen atoms in total. The summed E-state index contributed by atoms with van der Waals surface area (Å²) in [6.45, 7) is -2.60. The Morgan fingerprint density at radius 2 is 0.871 bits per heavy atom. The number of fused-ring (bicyclic) bond motifs is 2. The zero-order valence-corrected chi connectivity index (χ0v) is 15.1. The van der Waals surface area contributed by atoms with Crippen LogP contribution >= 0.6 is 11.8 Å². The fourth-order valence-corrected chi connectivity index (χ4v) is 4.30. The van der Waals surface area contributed by atoms with Gasteiger partial charge in [-0.1, -0.05) is 23.9 Å². The summed E-state index contributed by atoms with van der Waals surface area (Å²) in [5.74, 6) is 0. The van der Waals surface area contributed by atoms with Crippen molar-refractivity contribution in [2.45, 2.75) is 34.5 Å². The van der Waals surface area contributed by atoms with Gasteiger partial charge in [-0.3, -0.25) is 0 Å². The first-order chi connectivity index (χ1) is 13.8. The van der Waals surface area contributed by atoms with Gasteiger partial charge in [-0.15, -0.1) is 0 Å². The normalized spacial score (nSPS) is 15.1. The molecule has 0 atom stereocenters. The number of benzene rings is 2. The number of rotatable bonds is 0. The lowest BCUT2D eigenvalue weighted by Crippen LogP contribution is -2.49. The fraction of sp³-hybridized carbons (Fsp3) is 0.250. The third-order valence-electron chi connectivity index (χ3n) is 4.29. The van der Waals surface area contributed by atoms with Crippen LogP contribution in [-0.2, 0) is 24.7 Å². The minimum absolute atomic E-state index is 0.0682. The van der Waals surface area contributed by atoms with E-state index in [4.69, 9.17) is 0 Å². The molecule has 1 N–H and O–H groups in total. The molecule has 168 valence electrons. The van der Waals surface area contributed by atoms with E-state index in [1.807, 2.05) is 0 Å². The first-order valence-electron chi connectivity index (χ1n) is 7.82. The number of hydrogen-bond donors (Lipinski definition) is 1. The highest BCUT2D eigenvalue weighted by Crippen LogP contribution is 2.47. The Labute approximate surface area is 169 Å². The molecule has 1 aliphatic rings. The van der Waals surface area contributed by atoms with E-state index in [2.05, 4.69) is 0 Å². The molecule has 31 heavy (non-hydrogen) atoms. The van der Waals surface area contributed by atoms with Gasteiger partial charge in [0.1, 0.15) is 0 Å². The molecule has 0 bridgehead atoms. The Morgan fingerprint density at radius 3 is 1.13 bits per heavy atom. The molecule has 0 fully saturated rings. The Hall–Kier alpha value is -2.03. The molecular formula is C16H5BF12OS. The van der Waals surface area contributed by atoms with Crippen molar-refractivity contribution in [2.75, 3.05) is 0 Å². The standard InChI is InChI=1S/C16H5BF12OS/c18-13(19,20)5-1-7(15(24,25)26)11-9(3-5)17(30)10-4-6(14(21,22)23)2-8(12(10)31-11)16(27,28)29/h1-4,30H. The maximum atomic E-state index is 13.4. The Morgan fingerprint density at radius 1 is 0.548 bits per heavy atom. The highest BCUT2D eigenvalue weighted by atomic mass is 32.2. The predicted molar refractivity (Wildman–Crippen MR) is 84.3 cm³/mol. The highest BCUT2D eigenvalue weighted by molar-refractivity contribution is 8.00. The molecule has 0 amide bonds. The molecule has 0 aliphatic carbocycles. The fourth-order valence-electron chi connectivity index (χ4n) is 2.95. The number of hydrogen-bond acceptors (Lipinski definition) is 2. The van der Waals surface area contributed by atoms with E-state index in [0.29, 0.717) is 0 Å². The lowest BCUT2D eigenvalue weighted by Gasteiger charge is -2.29. The minimum atomic E-state index is -5.46. The van der Waals surface area contributed by atoms with Crippen LogP contribution in [0.25, 0.3) is 0 Å². The molecule has 3 rings (SSSR count). The van der Waals surface area contributed by atoms with E-state index in [-0.39, 0.29) is 36.0 Å². The summed E-state index contributed by atoms with van der Waals surface area (Å²) >= 11 is -0.303. The van der Waals surface area contributed by atoms with Crippen LogP contribution in [0.3, 0.4) is 0 Å². The van der Waals surface area contributed by atoms with Crippen LogP contribution in [0.5, 0.6) is 0 Å². The smallest absolute Gasteiger partial charge is 0.417 e. The average molecular weight is 484 g/mol. The Bertz CT molecular complexity index is 954. The summed E-state index contributed by atoms with van der Waals surface area (Å²) in [6.07, 6.45) is -21.6. The van der Waals surface area contributed by atoms with Gasteiger partial charge < -0.3 is 5.02 Å². The van der Waals surface area contributed by atoms with Gasteiger partial charge in [0.05, 0.1) is 22.3 Å². The molecule has 0 radical (unpaired) electrons. The monoisotopic (exact) mass is 484 g/mol. The maximum absolute atomic E-state index is 13.4. The minimum Gasteiger partial charge on any atom is -0.443 e. The second-order valence-electron chi connectivity index (χ2n) is 6.38. The molecule has 0 saturated carbocycles. The SMILES string of the molecule is OB1c2cc(C(F)(F)F)cc(C(F)(F)F)c2Sc2c1cc(C(F)(F)F)cc2C(F)(F)F. The van der Waals surface area contributed by atoms with Crippen molar-refractivity contribution in [3.8, 4) is 0 Å². The largest absolute Gasteiger partial charge is 0.443 e. The van der Waals surface area contributed by atoms with Crippen molar-refractivity contribution >= 4 is 29.6 Å². The van der Waals surface area contributed by atoms with Crippen LogP contribution in [0.2, 0.25) is 0 Å². The second-order valence-corrected chi connectivity index (χ2v) is 7.40. The van der Waals surface area contributed by atoms with Gasteiger partial charge in [-0.05, 0) is 23.1 Å². The van der Waals surface area contributed by atoms with Crippen LogP contribution in [-0.4, -0.2) is 11.9 Å². The molecule has 1 aliphatic heterocycles. The number of halogens is 12. The molecule has 0 aromatic heterocycles. The zero-order chi connectivity index (χ0) is 23.7. The molecule has 15 heteroatoms. The molecule has 1 heterocycles. The van der Waals surface area contributed by atoms with Crippen LogP contribution in [0, 0.1) is 0 Å². The van der Waals surface area contributed by atoms with E-state index in [1.165, 1.54) is 0 Å². The molecule has 0 unspecified atom stereocenters. The number of alkyl halides is 12. The molecule has 2 aromatic rings. The van der Waals surface area contributed by atoms with Crippen molar-refractivity contribution in [3.05, 3.63) is 46.5 Å². The molecule has 0 spiro atoms. The van der Waals surface area contributed by atoms with Crippen LogP contribution in [0.15, 0.2) is 34.1 Å². The second kappa shape index (κ2) is 6.99. The maximum Gasteiger partial charge on any atom is 0.417 e. The summed E-state index contributed by atoms with van der Waals surface area (Å²) in [5, 5.41) is 10.3. The zero-order valence-electron chi connectivity index (χ0n) is 14.3. The van der Waals surface area contributed by atoms with Crippen molar-refractivity contribution in [2.24, 2.45) is 0 Å². The Kier molecular flexibility index (Phi) is 5.33. The average Bonchev–Trinajstić information content (AvgIpc) is 2.57. The van der Waals surface area contributed by atoms with Gasteiger partial charge in [0, 0.05) is 9.79 Å². The van der Waals surface area contributed by atoms with Gasteiger partial charge in [0.15, 0.2) is 0 Å². The topological polar surface area (TPSA) is 20.2 Å². The van der Waals surface area contributed by atoms with E-state index < -0.39 is 74.6 Å². The van der Waals surface area contributed by atoms with Crippen molar-refractivity contribution < 1.29 is 57.7 Å². The highest BCUT2D eigenvalue weighted by Gasteiger charge is 2.47. The molecule has 0 saturated heterocycles. The van der Waals surface area contributed by atoms with Crippen LogP contribution in [0.1, 0.15) is 22.3 Å². The molecular weight excluding hydrogens is 479 g/mol. The van der Waals surface area contributed by atoms with Gasteiger partial charge >= 0.3 is 31.6 Å². The van der Waals surface area contributed by atoms with Gasteiger partial charge in [0.25, 0.3) is 0 Å². The lowest BCUT2D eigenvalue weighted by atomic mass is 9.54. The van der Waals surface area contributed by atoms with Crippen molar-refractivity contribution in [1.29, 1.82) is 0 Å². The van der Waals surface area contributed by atoms with E-state index in [1.54, 1.807) is 0 Å². The molecule has 2 aromatic carbocycles. The summed E-state index contributed by atoms with van der Waals surface area (Å²) in [7, 11) is 0. The lowest BCUT2D eigenvalue weighted by molar-refractivity contribution is -0.145. The summed E-state index contributed by atoms with van der Waals surface area (Å²) in [4.78, 5) is -2.32. The van der Waals surface area contributed by atoms with E-state index in [0.717, 1.165) is 0 Å². The third-order valence-corrected chi connectivity index (χ3v) is 5.61. The summed E-state index contributed by atoms with van der Waals surface area (Å²) in [6, 6.07) is -0.529. The van der Waals surface area contributed by atoms with E-state index in [9.17, 15) is 57.7 Å². The predicted octanol–water partition coefficient (Wildman–Crippen LogP) is 5.32. The Balaban J connectivity index is 2.37. The quantitative estimate of drug-likeness (QED) is 0.404. The van der Waals surface area contributed by atoms with Gasteiger partial charge in [0.2, 0.25) is 0 Å².